The molecule has 0 aromatic heterocycles. The summed E-state index contributed by atoms with van der Waals surface area (Å²) in [6.07, 6.45) is 1.79. The molecule has 64 valence electrons. The van der Waals surface area contributed by atoms with E-state index in [9.17, 15) is 0 Å². The minimum absolute atomic E-state index is 0.990. The van der Waals surface area contributed by atoms with Crippen LogP contribution in [0.5, 0.6) is 0 Å². The summed E-state index contributed by atoms with van der Waals surface area (Å²) in [5, 5.41) is 0. The first-order valence-electron chi connectivity index (χ1n) is 3.64. The monoisotopic (exact) mass is 274 g/mol. The van der Waals surface area contributed by atoms with Crippen molar-refractivity contribution < 1.29 is 0 Å². The molecule has 0 radical (unpaired) electrons. The Morgan fingerprint density at radius 1 is 1.25 bits per heavy atom. The molecule has 0 aliphatic heterocycles. The van der Waals surface area contributed by atoms with Gasteiger partial charge in [0.1, 0.15) is 0 Å². The average Bonchev–Trinajstić information content (AvgIpc) is 2.03. The van der Waals surface area contributed by atoms with Crippen molar-refractivity contribution in [3.63, 3.8) is 0 Å². The van der Waals surface area contributed by atoms with Gasteiger partial charge in [-0.15, -0.1) is 0 Å². The van der Waals surface area contributed by atoms with Crippen molar-refractivity contribution in [3.8, 4) is 0 Å². The maximum Gasteiger partial charge on any atom is 0.0907 e. The van der Waals surface area contributed by atoms with Gasteiger partial charge in [-0.05, 0) is 46.9 Å². The Kier molecular flexibility index (Phi) is 3.52. The lowest BCUT2D eigenvalue weighted by molar-refractivity contribution is 0.643. The van der Waals surface area contributed by atoms with Crippen molar-refractivity contribution in [1.82, 2.24) is 4.90 Å². The van der Waals surface area contributed by atoms with E-state index in [1.54, 1.807) is 6.34 Å². The Hall–Kier alpha value is -0.580. The lowest BCUT2D eigenvalue weighted by Crippen LogP contribution is -2.06. The molecule has 0 bridgehead atoms. The van der Waals surface area contributed by atoms with Gasteiger partial charge in [-0.1, -0.05) is 0 Å². The van der Waals surface area contributed by atoms with E-state index in [0.717, 1.165) is 5.69 Å². The van der Waals surface area contributed by atoms with Gasteiger partial charge in [0.05, 0.1) is 12.0 Å². The number of aliphatic imine (C=N–C) groups is 1. The summed E-state index contributed by atoms with van der Waals surface area (Å²) in [6.45, 7) is 0. The first-order valence-corrected chi connectivity index (χ1v) is 4.72. The van der Waals surface area contributed by atoms with E-state index in [1.165, 1.54) is 3.57 Å². The van der Waals surface area contributed by atoms with Crippen molar-refractivity contribution in [3.05, 3.63) is 27.8 Å². The molecule has 0 amide bonds. The minimum atomic E-state index is 0.990. The molecule has 12 heavy (non-hydrogen) atoms. The van der Waals surface area contributed by atoms with Crippen LogP contribution < -0.4 is 0 Å². The van der Waals surface area contributed by atoms with Gasteiger partial charge in [-0.2, -0.15) is 0 Å². The Morgan fingerprint density at radius 2 is 1.83 bits per heavy atom. The van der Waals surface area contributed by atoms with E-state index in [4.69, 9.17) is 0 Å². The van der Waals surface area contributed by atoms with Crippen molar-refractivity contribution in [2.24, 2.45) is 4.99 Å². The van der Waals surface area contributed by atoms with Crippen LogP contribution in [0.2, 0.25) is 0 Å². The molecule has 1 aromatic rings. The van der Waals surface area contributed by atoms with Crippen molar-refractivity contribution >= 4 is 34.6 Å². The molecule has 0 fully saturated rings. The first-order chi connectivity index (χ1) is 5.68. The van der Waals surface area contributed by atoms with Crippen LogP contribution in [0.1, 0.15) is 0 Å². The Labute approximate surface area is 86.4 Å². The second kappa shape index (κ2) is 4.45. The highest BCUT2D eigenvalue weighted by Gasteiger charge is 1.87. The summed E-state index contributed by atoms with van der Waals surface area (Å²) >= 11 is 2.28. The summed E-state index contributed by atoms with van der Waals surface area (Å²) in [5.41, 5.74) is 0.990. The van der Waals surface area contributed by atoms with Crippen LogP contribution >= 0.6 is 22.6 Å². The molecule has 0 heterocycles. The third kappa shape index (κ3) is 3.21. The molecular formula is C9H11IN2. The molecule has 0 aliphatic carbocycles. The lowest BCUT2D eigenvalue weighted by Gasteiger charge is -2.01. The highest BCUT2D eigenvalue weighted by Crippen LogP contribution is 2.13. The van der Waals surface area contributed by atoms with Crippen LogP contribution in [0, 0.1) is 3.57 Å². The Balaban J connectivity index is 2.71. The number of nitrogens with zero attached hydrogens (tertiary/aromatic N) is 2. The van der Waals surface area contributed by atoms with Crippen LogP contribution in [0.4, 0.5) is 5.69 Å². The predicted molar refractivity (Wildman–Crippen MR) is 61.0 cm³/mol. The fourth-order valence-corrected chi connectivity index (χ4v) is 1.07. The fraction of sp³-hybridized carbons (Fsp3) is 0.222. The largest absolute Gasteiger partial charge is 0.369 e. The molecule has 1 rings (SSSR count). The molecule has 3 heteroatoms. The quantitative estimate of drug-likeness (QED) is 0.459. The van der Waals surface area contributed by atoms with Gasteiger partial charge in [0.25, 0.3) is 0 Å². The van der Waals surface area contributed by atoms with Crippen molar-refractivity contribution in [2.45, 2.75) is 0 Å². The highest BCUT2D eigenvalue weighted by atomic mass is 127. The zero-order chi connectivity index (χ0) is 8.97. The minimum Gasteiger partial charge on any atom is -0.369 e. The van der Waals surface area contributed by atoms with E-state index in [2.05, 4.69) is 27.6 Å². The van der Waals surface area contributed by atoms with Crippen molar-refractivity contribution in [2.75, 3.05) is 14.1 Å². The number of hydrogen-bond donors (Lipinski definition) is 0. The molecule has 0 aliphatic rings. The fourth-order valence-electron chi connectivity index (χ4n) is 0.709. The van der Waals surface area contributed by atoms with Gasteiger partial charge in [-0.25, -0.2) is 4.99 Å². The number of rotatable bonds is 2. The van der Waals surface area contributed by atoms with Gasteiger partial charge in [0.2, 0.25) is 0 Å². The normalized spacial score (nSPS) is 10.6. The molecule has 0 N–H and O–H groups in total. The summed E-state index contributed by atoms with van der Waals surface area (Å²) in [6, 6.07) is 8.09. The van der Waals surface area contributed by atoms with Gasteiger partial charge < -0.3 is 4.90 Å². The number of halogens is 1. The zero-order valence-electron chi connectivity index (χ0n) is 7.16. The van der Waals surface area contributed by atoms with Crippen LogP contribution in [0.25, 0.3) is 0 Å². The van der Waals surface area contributed by atoms with Gasteiger partial charge >= 0.3 is 0 Å². The molecule has 0 spiro atoms. The van der Waals surface area contributed by atoms with Crippen LogP contribution in [0.3, 0.4) is 0 Å². The van der Waals surface area contributed by atoms with Gasteiger partial charge in [0.15, 0.2) is 0 Å². The van der Waals surface area contributed by atoms with Crippen LogP contribution in [0.15, 0.2) is 29.3 Å². The standard InChI is InChI=1S/C9H11IN2/c1-12(2)7-11-9-5-3-8(10)4-6-9/h3-7H,1-2H3. The highest BCUT2D eigenvalue weighted by molar-refractivity contribution is 14.1. The Bertz CT molecular complexity index is 264. The molecule has 2 nitrogen and oxygen atoms in total. The van der Waals surface area contributed by atoms with Gasteiger partial charge in [0, 0.05) is 17.7 Å². The topological polar surface area (TPSA) is 15.6 Å². The summed E-state index contributed by atoms with van der Waals surface area (Å²) in [4.78, 5) is 6.16. The predicted octanol–water partition coefficient (Wildman–Crippen LogP) is 2.51. The molecule has 0 atom stereocenters. The van der Waals surface area contributed by atoms with E-state index in [-0.39, 0.29) is 0 Å². The molecule has 0 unspecified atom stereocenters. The molecule has 0 saturated heterocycles. The SMILES string of the molecule is CN(C)C=Nc1ccc(I)cc1. The molecule has 1 aromatic carbocycles. The van der Waals surface area contributed by atoms with E-state index in [1.807, 2.05) is 43.3 Å². The third-order valence-electron chi connectivity index (χ3n) is 1.26. The Morgan fingerprint density at radius 3 is 2.33 bits per heavy atom. The number of hydrogen-bond acceptors (Lipinski definition) is 1. The summed E-state index contributed by atoms with van der Waals surface area (Å²) in [7, 11) is 3.91. The van der Waals surface area contributed by atoms with Crippen LogP contribution in [-0.4, -0.2) is 25.3 Å². The number of benzene rings is 1. The zero-order valence-corrected chi connectivity index (χ0v) is 9.32. The van der Waals surface area contributed by atoms with E-state index in [0.29, 0.717) is 0 Å². The smallest absolute Gasteiger partial charge is 0.0907 e. The summed E-state index contributed by atoms with van der Waals surface area (Å²) < 4.78 is 1.23. The maximum absolute atomic E-state index is 4.24. The van der Waals surface area contributed by atoms with E-state index < -0.39 is 0 Å². The van der Waals surface area contributed by atoms with Crippen LogP contribution in [-0.2, 0) is 0 Å². The lowest BCUT2D eigenvalue weighted by atomic mass is 10.3. The molecular weight excluding hydrogens is 263 g/mol. The first kappa shape index (κ1) is 9.51. The third-order valence-corrected chi connectivity index (χ3v) is 1.98. The van der Waals surface area contributed by atoms with E-state index >= 15 is 0 Å². The van der Waals surface area contributed by atoms with Gasteiger partial charge in [-0.3, -0.25) is 0 Å². The summed E-state index contributed by atoms with van der Waals surface area (Å²) in [5.74, 6) is 0. The average molecular weight is 274 g/mol. The molecule has 0 saturated carbocycles. The van der Waals surface area contributed by atoms with Crippen molar-refractivity contribution in [1.29, 1.82) is 0 Å². The second-order valence-electron chi connectivity index (χ2n) is 2.68. The second-order valence-corrected chi connectivity index (χ2v) is 3.93. The maximum atomic E-state index is 4.24.